The summed E-state index contributed by atoms with van der Waals surface area (Å²) in [5, 5.41) is 3.34. The van der Waals surface area contributed by atoms with Crippen molar-refractivity contribution in [3.05, 3.63) is 33.5 Å². The molecule has 0 aliphatic heterocycles. The molecule has 0 saturated heterocycles. The molecule has 1 heterocycles. The standard InChI is InChI=1S/C14H23NS/c1-4-13-8-9-14(16-13)11-12(3)7-6-10-15-5-2/h7-9,15H,4-6,10-11H2,1-3H3. The lowest BCUT2D eigenvalue weighted by molar-refractivity contribution is 0.724. The molecule has 0 unspecified atom stereocenters. The summed E-state index contributed by atoms with van der Waals surface area (Å²) in [6, 6.07) is 4.52. The molecule has 0 radical (unpaired) electrons. The average molecular weight is 237 g/mol. The van der Waals surface area contributed by atoms with E-state index in [1.807, 2.05) is 11.3 Å². The third-order valence-corrected chi connectivity index (χ3v) is 3.81. The van der Waals surface area contributed by atoms with E-state index in [1.165, 1.54) is 15.3 Å². The van der Waals surface area contributed by atoms with E-state index < -0.39 is 0 Å². The van der Waals surface area contributed by atoms with Crippen LogP contribution in [0.2, 0.25) is 0 Å². The van der Waals surface area contributed by atoms with E-state index >= 15 is 0 Å². The minimum absolute atomic E-state index is 1.07. The second-order valence-corrected chi connectivity index (χ2v) is 5.34. The lowest BCUT2D eigenvalue weighted by Gasteiger charge is -2.00. The van der Waals surface area contributed by atoms with Crippen LogP contribution in [-0.4, -0.2) is 13.1 Å². The zero-order chi connectivity index (χ0) is 11.8. The fourth-order valence-electron chi connectivity index (χ4n) is 1.65. The first-order valence-corrected chi connectivity index (χ1v) is 7.01. The Labute approximate surface area is 104 Å². The van der Waals surface area contributed by atoms with Gasteiger partial charge in [-0.25, -0.2) is 0 Å². The van der Waals surface area contributed by atoms with Gasteiger partial charge in [-0.1, -0.05) is 25.5 Å². The second kappa shape index (κ2) is 7.64. The molecule has 0 aliphatic carbocycles. The Morgan fingerprint density at radius 3 is 2.69 bits per heavy atom. The maximum absolute atomic E-state index is 3.34. The van der Waals surface area contributed by atoms with Gasteiger partial charge in [-0.15, -0.1) is 11.3 Å². The predicted molar refractivity (Wildman–Crippen MR) is 74.3 cm³/mol. The van der Waals surface area contributed by atoms with Crippen LogP contribution in [-0.2, 0) is 12.8 Å². The number of allylic oxidation sites excluding steroid dienone is 1. The first-order valence-electron chi connectivity index (χ1n) is 6.20. The summed E-state index contributed by atoms with van der Waals surface area (Å²) in [6.45, 7) is 8.76. The van der Waals surface area contributed by atoms with Crippen LogP contribution in [0, 0.1) is 0 Å². The van der Waals surface area contributed by atoms with Crippen molar-refractivity contribution < 1.29 is 0 Å². The second-order valence-electron chi connectivity index (χ2n) is 4.09. The van der Waals surface area contributed by atoms with Crippen LogP contribution < -0.4 is 5.32 Å². The molecule has 1 aromatic heterocycles. The van der Waals surface area contributed by atoms with Crippen molar-refractivity contribution in [2.45, 2.75) is 40.0 Å². The monoisotopic (exact) mass is 237 g/mol. The molecule has 2 heteroatoms. The topological polar surface area (TPSA) is 12.0 Å². The highest BCUT2D eigenvalue weighted by atomic mass is 32.1. The summed E-state index contributed by atoms with van der Waals surface area (Å²) < 4.78 is 0. The van der Waals surface area contributed by atoms with Gasteiger partial charge in [0.15, 0.2) is 0 Å². The highest BCUT2D eigenvalue weighted by Gasteiger charge is 1.99. The fraction of sp³-hybridized carbons (Fsp3) is 0.571. The van der Waals surface area contributed by atoms with E-state index in [0.717, 1.165) is 32.4 Å². The van der Waals surface area contributed by atoms with Crippen molar-refractivity contribution in [2.75, 3.05) is 13.1 Å². The van der Waals surface area contributed by atoms with E-state index in [0.29, 0.717) is 0 Å². The number of hydrogen-bond donors (Lipinski definition) is 1. The molecular weight excluding hydrogens is 214 g/mol. The van der Waals surface area contributed by atoms with E-state index in [-0.39, 0.29) is 0 Å². The zero-order valence-corrected chi connectivity index (χ0v) is 11.5. The highest BCUT2D eigenvalue weighted by molar-refractivity contribution is 7.12. The van der Waals surface area contributed by atoms with Crippen LogP contribution >= 0.6 is 11.3 Å². The van der Waals surface area contributed by atoms with Gasteiger partial charge in [0.2, 0.25) is 0 Å². The molecule has 0 bridgehead atoms. The van der Waals surface area contributed by atoms with Crippen LogP contribution in [0.25, 0.3) is 0 Å². The molecule has 0 spiro atoms. The summed E-state index contributed by atoms with van der Waals surface area (Å²) in [7, 11) is 0. The van der Waals surface area contributed by atoms with Crippen molar-refractivity contribution >= 4 is 11.3 Å². The van der Waals surface area contributed by atoms with E-state index in [4.69, 9.17) is 0 Å². The van der Waals surface area contributed by atoms with E-state index in [9.17, 15) is 0 Å². The lowest BCUT2D eigenvalue weighted by Crippen LogP contribution is -2.13. The molecule has 1 aromatic rings. The van der Waals surface area contributed by atoms with Crippen molar-refractivity contribution in [1.29, 1.82) is 0 Å². The Hall–Kier alpha value is -0.600. The maximum Gasteiger partial charge on any atom is 0.00885 e. The first kappa shape index (κ1) is 13.5. The largest absolute Gasteiger partial charge is 0.317 e. The predicted octanol–water partition coefficient (Wildman–Crippen LogP) is 3.80. The number of nitrogens with one attached hydrogen (secondary N) is 1. The van der Waals surface area contributed by atoms with Crippen molar-refractivity contribution in [3.8, 4) is 0 Å². The molecule has 0 amide bonds. The third kappa shape index (κ3) is 4.95. The minimum Gasteiger partial charge on any atom is -0.317 e. The molecule has 16 heavy (non-hydrogen) atoms. The zero-order valence-electron chi connectivity index (χ0n) is 10.7. The molecule has 1 N–H and O–H groups in total. The lowest BCUT2D eigenvalue weighted by atomic mass is 10.1. The van der Waals surface area contributed by atoms with Gasteiger partial charge in [0.1, 0.15) is 0 Å². The average Bonchev–Trinajstić information content (AvgIpc) is 2.72. The number of aryl methyl sites for hydroxylation is 1. The number of hydrogen-bond acceptors (Lipinski definition) is 2. The van der Waals surface area contributed by atoms with Crippen LogP contribution in [0.3, 0.4) is 0 Å². The quantitative estimate of drug-likeness (QED) is 0.562. The molecule has 0 aliphatic rings. The van der Waals surface area contributed by atoms with Gasteiger partial charge in [-0.3, -0.25) is 0 Å². The molecule has 0 saturated carbocycles. The van der Waals surface area contributed by atoms with Gasteiger partial charge in [0, 0.05) is 16.2 Å². The van der Waals surface area contributed by atoms with Crippen LogP contribution in [0.1, 0.15) is 36.9 Å². The molecule has 0 atom stereocenters. The number of thiophene rings is 1. The van der Waals surface area contributed by atoms with Gasteiger partial charge in [-0.05, 0) is 45.0 Å². The SMILES string of the molecule is CCNCCC=C(C)Cc1ccc(CC)s1. The molecule has 1 nitrogen and oxygen atoms in total. The number of rotatable bonds is 7. The van der Waals surface area contributed by atoms with Gasteiger partial charge in [0.05, 0.1) is 0 Å². The molecule has 90 valence electrons. The minimum atomic E-state index is 1.07. The van der Waals surface area contributed by atoms with Gasteiger partial charge < -0.3 is 5.32 Å². The summed E-state index contributed by atoms with van der Waals surface area (Å²) in [4.78, 5) is 2.99. The van der Waals surface area contributed by atoms with Crippen LogP contribution in [0.4, 0.5) is 0 Å². The molecular formula is C14H23NS. The fourth-order valence-corrected chi connectivity index (χ4v) is 2.70. The maximum atomic E-state index is 3.34. The van der Waals surface area contributed by atoms with Gasteiger partial charge >= 0.3 is 0 Å². The Morgan fingerprint density at radius 1 is 1.31 bits per heavy atom. The first-order chi connectivity index (χ1) is 7.76. The van der Waals surface area contributed by atoms with Crippen molar-refractivity contribution in [1.82, 2.24) is 5.32 Å². The summed E-state index contributed by atoms with van der Waals surface area (Å²) in [6.07, 6.45) is 5.78. The Morgan fingerprint density at radius 2 is 2.06 bits per heavy atom. The van der Waals surface area contributed by atoms with Gasteiger partial charge in [0.25, 0.3) is 0 Å². The van der Waals surface area contributed by atoms with Gasteiger partial charge in [-0.2, -0.15) is 0 Å². The summed E-state index contributed by atoms with van der Waals surface area (Å²) >= 11 is 1.95. The molecule has 0 fully saturated rings. The van der Waals surface area contributed by atoms with Crippen molar-refractivity contribution in [3.63, 3.8) is 0 Å². The normalized spacial score (nSPS) is 12.1. The summed E-state index contributed by atoms with van der Waals surface area (Å²) in [5.74, 6) is 0. The van der Waals surface area contributed by atoms with E-state index in [2.05, 4.69) is 44.3 Å². The third-order valence-electron chi connectivity index (χ3n) is 2.58. The smallest absolute Gasteiger partial charge is 0.00885 e. The molecule has 1 rings (SSSR count). The molecule has 0 aromatic carbocycles. The Bertz CT molecular complexity index is 325. The Kier molecular flexibility index (Phi) is 6.43. The van der Waals surface area contributed by atoms with Crippen LogP contribution in [0.15, 0.2) is 23.8 Å². The van der Waals surface area contributed by atoms with Crippen LogP contribution in [0.5, 0.6) is 0 Å². The van der Waals surface area contributed by atoms with E-state index in [1.54, 1.807) is 0 Å². The van der Waals surface area contributed by atoms with Crippen molar-refractivity contribution in [2.24, 2.45) is 0 Å². The summed E-state index contributed by atoms with van der Waals surface area (Å²) in [5.41, 5.74) is 1.49. The Balaban J connectivity index is 2.35. The highest BCUT2D eigenvalue weighted by Crippen LogP contribution is 2.19.